The Labute approximate surface area is 350 Å². The molecule has 12 bridgehead atoms. The zero-order valence-corrected chi connectivity index (χ0v) is 33.7. The highest BCUT2D eigenvalue weighted by molar-refractivity contribution is 6.00. The van der Waals surface area contributed by atoms with Gasteiger partial charge in [-0.05, 0) is 144 Å². The lowest BCUT2D eigenvalue weighted by molar-refractivity contribution is -0.0666. The van der Waals surface area contributed by atoms with E-state index in [4.69, 9.17) is 15.7 Å². The minimum Gasteiger partial charge on any atom is -0.354 e. The third-order valence-corrected chi connectivity index (χ3v) is 14.3. The molecule has 0 saturated heterocycles. The summed E-state index contributed by atoms with van der Waals surface area (Å²) >= 11 is 0. The van der Waals surface area contributed by atoms with Crippen LogP contribution in [0.1, 0.15) is 66.9 Å². The van der Waals surface area contributed by atoms with E-state index in [2.05, 4.69) is 174 Å². The van der Waals surface area contributed by atoms with Crippen molar-refractivity contribution in [1.29, 1.82) is 0 Å². The van der Waals surface area contributed by atoms with E-state index < -0.39 is 0 Å². The molecule has 2 atom stereocenters. The number of nitrogens with one attached hydrogen (secondary N) is 2. The van der Waals surface area contributed by atoms with Crippen molar-refractivity contribution in [1.82, 2.24) is 19.9 Å². The maximum atomic E-state index is 6.55. The van der Waals surface area contributed by atoms with Crippen LogP contribution >= 0.6 is 0 Å². The number of rotatable bonds is 6. The van der Waals surface area contributed by atoms with Gasteiger partial charge in [-0.2, -0.15) is 0 Å². The molecule has 3 aromatic heterocycles. The molecule has 6 aliphatic rings. The molecule has 4 N–H and O–H groups in total. The zero-order chi connectivity index (χ0) is 39.8. The third-order valence-electron chi connectivity index (χ3n) is 14.3. The van der Waals surface area contributed by atoms with Crippen molar-refractivity contribution in [3.05, 3.63) is 168 Å². The van der Waals surface area contributed by atoms with Gasteiger partial charge in [0.05, 0.1) is 22.8 Å². The van der Waals surface area contributed by atoms with Crippen LogP contribution in [-0.4, -0.2) is 26.5 Å². The summed E-state index contributed by atoms with van der Waals surface area (Å²) in [5.74, 6) is 1.60. The van der Waals surface area contributed by atoms with Gasteiger partial charge >= 0.3 is 0 Å². The highest BCUT2D eigenvalue weighted by atomic mass is 14.8. The fraction of sp³-hybridized carbons (Fsp3) is 0.200. The van der Waals surface area contributed by atoms with Gasteiger partial charge in [0.15, 0.2) is 0 Å². The lowest BCUT2D eigenvalue weighted by Gasteiger charge is -2.62. The van der Waals surface area contributed by atoms with Crippen LogP contribution in [0.3, 0.4) is 0 Å². The Bertz CT molecular complexity index is 2870. The number of aromatic nitrogens is 4. The highest BCUT2D eigenvalue weighted by Crippen LogP contribution is 2.65. The van der Waals surface area contributed by atoms with Gasteiger partial charge in [-0.3, -0.25) is 0 Å². The largest absolute Gasteiger partial charge is 0.354 e. The van der Waals surface area contributed by atoms with E-state index in [0.29, 0.717) is 5.41 Å². The lowest BCUT2D eigenvalue weighted by atomic mass is 9.43. The number of fused-ring (bicyclic) bond motifs is 8. The quantitative estimate of drug-likeness (QED) is 0.157. The number of H-pyrrole nitrogens is 2. The van der Waals surface area contributed by atoms with Crippen molar-refractivity contribution in [3.63, 3.8) is 0 Å². The third kappa shape index (κ3) is 5.78. The van der Waals surface area contributed by atoms with E-state index in [1.54, 1.807) is 0 Å². The molecule has 0 radical (unpaired) electrons. The van der Waals surface area contributed by atoms with E-state index in [1.807, 2.05) is 0 Å². The summed E-state index contributed by atoms with van der Waals surface area (Å²) in [4.78, 5) is 18.8. The van der Waals surface area contributed by atoms with E-state index in [9.17, 15) is 0 Å². The van der Waals surface area contributed by atoms with Gasteiger partial charge in [-0.25, -0.2) is 9.97 Å². The first-order chi connectivity index (χ1) is 29.5. The average Bonchev–Trinajstić information content (AvgIpc) is 4.13. The Kier molecular flexibility index (Phi) is 8.11. The first-order valence-electron chi connectivity index (χ1n) is 21.7. The summed E-state index contributed by atoms with van der Waals surface area (Å²) in [6, 6.07) is 50.2. The van der Waals surface area contributed by atoms with Crippen molar-refractivity contribution < 1.29 is 0 Å². The van der Waals surface area contributed by atoms with Gasteiger partial charge in [0.2, 0.25) is 0 Å². The first kappa shape index (κ1) is 35.4. The van der Waals surface area contributed by atoms with E-state index in [1.165, 1.54) is 44.1 Å². The Morgan fingerprint density at radius 2 is 0.850 bits per heavy atom. The van der Waals surface area contributed by atoms with Gasteiger partial charge in [0.1, 0.15) is 0 Å². The summed E-state index contributed by atoms with van der Waals surface area (Å²) in [7, 11) is 0. The second-order valence-electron chi connectivity index (χ2n) is 18.1. The SMILES string of the molecule is NCC12CC3CC(C1)CC(c1ccc(-c4c5nc(c(-c6ccccc6)c6ccc([nH]6)c(-c6ccccc6)c6ccc([nH]6)c(-c6ccccc6)c6nc4C=C6)C=C5)cc1)(C3)C2. The first-order valence-corrected chi connectivity index (χ1v) is 21.7. The summed E-state index contributed by atoms with van der Waals surface area (Å²) in [5.41, 5.74) is 25.0. The molecule has 4 saturated carbocycles. The molecule has 5 heteroatoms. The second-order valence-corrected chi connectivity index (χ2v) is 18.1. The zero-order valence-electron chi connectivity index (χ0n) is 33.7. The molecule has 0 amide bonds. The Morgan fingerprint density at radius 1 is 0.450 bits per heavy atom. The molecular formula is C55H47N5. The number of aromatic amines is 2. The molecule has 13 rings (SSSR count). The van der Waals surface area contributed by atoms with Crippen molar-refractivity contribution >= 4 is 46.4 Å². The average molecular weight is 778 g/mol. The minimum atomic E-state index is 0.227. The van der Waals surface area contributed by atoms with Gasteiger partial charge in [-0.15, -0.1) is 0 Å². The van der Waals surface area contributed by atoms with Crippen LogP contribution in [0.15, 0.2) is 140 Å². The number of nitrogens with zero attached hydrogens (tertiary/aromatic N) is 2. The molecule has 5 heterocycles. The minimum absolute atomic E-state index is 0.227. The van der Waals surface area contributed by atoms with Gasteiger partial charge in [0, 0.05) is 44.3 Å². The Hall–Kier alpha value is -6.56. The van der Waals surface area contributed by atoms with Crippen LogP contribution in [0.5, 0.6) is 0 Å². The van der Waals surface area contributed by atoms with Crippen molar-refractivity contribution in [2.24, 2.45) is 23.0 Å². The topological polar surface area (TPSA) is 83.4 Å². The molecule has 60 heavy (non-hydrogen) atoms. The number of hydrogen-bond acceptors (Lipinski definition) is 3. The molecule has 0 spiro atoms. The van der Waals surface area contributed by atoms with E-state index in [-0.39, 0.29) is 5.41 Å². The molecule has 292 valence electrons. The second kappa shape index (κ2) is 13.8. The Morgan fingerprint density at radius 3 is 1.30 bits per heavy atom. The molecule has 5 nitrogen and oxygen atoms in total. The smallest absolute Gasteiger partial charge is 0.0738 e. The van der Waals surface area contributed by atoms with E-state index >= 15 is 0 Å². The number of benzene rings is 4. The fourth-order valence-electron chi connectivity index (χ4n) is 12.3. The molecule has 2 aliphatic heterocycles. The van der Waals surface area contributed by atoms with Gasteiger partial charge < -0.3 is 15.7 Å². The van der Waals surface area contributed by atoms with E-state index in [0.717, 1.165) is 108 Å². The maximum absolute atomic E-state index is 6.55. The molecule has 4 aromatic carbocycles. The number of hydrogen-bond donors (Lipinski definition) is 3. The monoisotopic (exact) mass is 777 g/mol. The van der Waals surface area contributed by atoms with Crippen LogP contribution in [0, 0.1) is 17.3 Å². The molecule has 4 aliphatic carbocycles. The lowest BCUT2D eigenvalue weighted by Crippen LogP contribution is -2.56. The van der Waals surface area contributed by atoms with Crippen molar-refractivity contribution in [3.8, 4) is 44.5 Å². The normalized spacial score (nSPS) is 22.4. The van der Waals surface area contributed by atoms with Crippen LogP contribution < -0.4 is 5.73 Å². The molecular weight excluding hydrogens is 731 g/mol. The van der Waals surface area contributed by atoms with Gasteiger partial charge in [0.25, 0.3) is 0 Å². The van der Waals surface area contributed by atoms with Crippen LogP contribution in [0.4, 0.5) is 0 Å². The van der Waals surface area contributed by atoms with Gasteiger partial charge in [-0.1, -0.05) is 115 Å². The van der Waals surface area contributed by atoms with Crippen molar-refractivity contribution in [2.45, 2.75) is 43.9 Å². The summed E-state index contributed by atoms with van der Waals surface area (Å²) in [6.45, 7) is 0.817. The predicted molar refractivity (Wildman–Crippen MR) is 248 cm³/mol. The molecule has 4 fully saturated rings. The fourth-order valence-corrected chi connectivity index (χ4v) is 12.3. The maximum Gasteiger partial charge on any atom is 0.0738 e. The predicted octanol–water partition coefficient (Wildman–Crippen LogP) is 13.1. The van der Waals surface area contributed by atoms with Crippen LogP contribution in [0.2, 0.25) is 0 Å². The molecule has 2 unspecified atom stereocenters. The van der Waals surface area contributed by atoms with Crippen LogP contribution in [-0.2, 0) is 5.41 Å². The van der Waals surface area contributed by atoms with Crippen LogP contribution in [0.25, 0.3) is 90.9 Å². The Balaban J connectivity index is 1.14. The summed E-state index contributed by atoms with van der Waals surface area (Å²) < 4.78 is 0. The summed E-state index contributed by atoms with van der Waals surface area (Å²) in [5, 5.41) is 0. The standard InChI is InChI=1S/C55H47N5/c56-34-54-29-35-28-36(30-54)32-55(31-35,33-54)41-18-16-40(17-19-41)53-48-26-24-46(59-48)51(38-12-6-2-7-13-38)44-22-20-42(57-44)50(37-10-4-1-5-11-37)43-21-23-45(58-43)52(39-14-8-3-9-15-39)47-25-27-49(53)60-47/h1-27,35-36,57-58H,28-34,56H2. The highest BCUT2D eigenvalue weighted by Gasteiger charge is 2.57. The van der Waals surface area contributed by atoms with Crippen molar-refractivity contribution in [2.75, 3.05) is 6.54 Å². The summed E-state index contributed by atoms with van der Waals surface area (Å²) in [6.07, 6.45) is 16.6. The number of nitrogens with two attached hydrogens (primary N) is 1. The molecule has 7 aromatic rings.